The van der Waals surface area contributed by atoms with E-state index in [1.165, 1.54) is 18.2 Å². The van der Waals surface area contributed by atoms with E-state index in [4.69, 9.17) is 16.3 Å². The molecule has 0 atom stereocenters. The maximum Gasteiger partial charge on any atom is 0.243 e. The van der Waals surface area contributed by atoms with Crippen LogP contribution in [0.5, 0.6) is 5.75 Å². The van der Waals surface area contributed by atoms with Gasteiger partial charge in [-0.05, 0) is 56.3 Å². The second-order valence-electron chi connectivity index (χ2n) is 5.22. The third-order valence-corrected chi connectivity index (χ3v) is 3.17. The first-order valence-electron chi connectivity index (χ1n) is 7.19. The van der Waals surface area contributed by atoms with Crippen LogP contribution in [0.4, 0.5) is 15.8 Å². The molecule has 4 nitrogen and oxygen atoms in total. The van der Waals surface area contributed by atoms with E-state index in [1.54, 1.807) is 0 Å². The molecule has 122 valence electrons. The van der Waals surface area contributed by atoms with Crippen LogP contribution in [0.3, 0.4) is 0 Å². The smallest absolute Gasteiger partial charge is 0.243 e. The normalized spacial score (nSPS) is 10.5. The van der Waals surface area contributed by atoms with E-state index < -0.39 is 5.82 Å². The molecule has 0 aliphatic carbocycles. The summed E-state index contributed by atoms with van der Waals surface area (Å²) in [7, 11) is 0. The van der Waals surface area contributed by atoms with Gasteiger partial charge in [-0.1, -0.05) is 11.6 Å². The maximum atomic E-state index is 13.0. The Morgan fingerprint density at radius 2 is 1.83 bits per heavy atom. The van der Waals surface area contributed by atoms with Crippen LogP contribution in [-0.4, -0.2) is 18.6 Å². The average molecular weight is 337 g/mol. The maximum absolute atomic E-state index is 13.0. The third-order valence-electron chi connectivity index (χ3n) is 2.88. The Labute approximate surface area is 139 Å². The predicted octanol–water partition coefficient (Wildman–Crippen LogP) is 4.32. The lowest BCUT2D eigenvalue weighted by atomic mass is 10.3. The molecule has 0 heterocycles. The zero-order valence-electron chi connectivity index (χ0n) is 12.9. The second kappa shape index (κ2) is 7.83. The van der Waals surface area contributed by atoms with E-state index in [1.807, 2.05) is 38.1 Å². The lowest BCUT2D eigenvalue weighted by Crippen LogP contribution is -2.21. The molecule has 2 aromatic rings. The van der Waals surface area contributed by atoms with Gasteiger partial charge in [0.05, 0.1) is 17.7 Å². The first-order valence-corrected chi connectivity index (χ1v) is 7.57. The number of rotatable bonds is 6. The van der Waals surface area contributed by atoms with Crippen molar-refractivity contribution in [2.45, 2.75) is 20.0 Å². The molecule has 6 heteroatoms. The fourth-order valence-corrected chi connectivity index (χ4v) is 2.07. The first kappa shape index (κ1) is 17.1. The molecule has 0 aliphatic heterocycles. The molecular weight excluding hydrogens is 319 g/mol. The molecule has 0 aromatic heterocycles. The standard InChI is InChI=1S/C17H18ClFN2O2/c1-11(2)23-14-6-3-12(4-7-14)20-10-17(22)21-13-5-8-16(19)15(18)9-13/h3-9,11,20H,10H2,1-2H3,(H,21,22). The number of hydrogen-bond donors (Lipinski definition) is 2. The number of amides is 1. The molecule has 2 N–H and O–H groups in total. The Morgan fingerprint density at radius 3 is 2.43 bits per heavy atom. The Morgan fingerprint density at radius 1 is 1.17 bits per heavy atom. The van der Waals surface area contributed by atoms with Gasteiger partial charge in [0.2, 0.25) is 5.91 Å². The fraction of sp³-hybridized carbons (Fsp3) is 0.235. The quantitative estimate of drug-likeness (QED) is 0.826. The molecule has 0 aliphatic rings. The number of ether oxygens (including phenoxy) is 1. The van der Waals surface area contributed by atoms with Gasteiger partial charge >= 0.3 is 0 Å². The van der Waals surface area contributed by atoms with Crippen molar-refractivity contribution in [3.05, 3.63) is 53.3 Å². The summed E-state index contributed by atoms with van der Waals surface area (Å²) in [6.45, 7) is 4.00. The van der Waals surface area contributed by atoms with Crippen LogP contribution in [0.15, 0.2) is 42.5 Å². The van der Waals surface area contributed by atoms with Crippen molar-refractivity contribution in [2.75, 3.05) is 17.2 Å². The van der Waals surface area contributed by atoms with Crippen LogP contribution >= 0.6 is 11.6 Å². The molecule has 0 unspecified atom stereocenters. The van der Waals surface area contributed by atoms with Gasteiger partial charge in [-0.3, -0.25) is 4.79 Å². The number of anilines is 2. The summed E-state index contributed by atoms with van der Waals surface area (Å²) in [6.07, 6.45) is 0.113. The van der Waals surface area contributed by atoms with Gasteiger partial charge in [0.1, 0.15) is 11.6 Å². The number of hydrogen-bond acceptors (Lipinski definition) is 3. The number of benzene rings is 2. The molecule has 0 fully saturated rings. The Kier molecular flexibility index (Phi) is 5.82. The molecule has 0 radical (unpaired) electrons. The van der Waals surface area contributed by atoms with E-state index >= 15 is 0 Å². The molecule has 0 saturated heterocycles. The van der Waals surface area contributed by atoms with Crippen molar-refractivity contribution < 1.29 is 13.9 Å². The van der Waals surface area contributed by atoms with Gasteiger partial charge in [-0.15, -0.1) is 0 Å². The Bertz CT molecular complexity index is 675. The van der Waals surface area contributed by atoms with Gasteiger partial charge in [0.15, 0.2) is 0 Å². The monoisotopic (exact) mass is 336 g/mol. The molecule has 2 aromatic carbocycles. The average Bonchev–Trinajstić information content (AvgIpc) is 2.50. The zero-order valence-corrected chi connectivity index (χ0v) is 13.7. The second-order valence-corrected chi connectivity index (χ2v) is 5.63. The number of carbonyl (C=O) groups is 1. The molecule has 23 heavy (non-hydrogen) atoms. The Balaban J connectivity index is 1.85. The number of carbonyl (C=O) groups excluding carboxylic acids is 1. The lowest BCUT2D eigenvalue weighted by Gasteiger charge is -2.11. The van der Waals surface area contributed by atoms with E-state index in [2.05, 4.69) is 10.6 Å². The minimum atomic E-state index is -0.522. The zero-order chi connectivity index (χ0) is 16.8. The highest BCUT2D eigenvalue weighted by Crippen LogP contribution is 2.19. The van der Waals surface area contributed by atoms with E-state index in [9.17, 15) is 9.18 Å². The highest BCUT2D eigenvalue weighted by atomic mass is 35.5. The highest BCUT2D eigenvalue weighted by Gasteiger charge is 2.05. The molecule has 0 spiro atoms. The van der Waals surface area contributed by atoms with Crippen molar-refractivity contribution in [3.63, 3.8) is 0 Å². The summed E-state index contributed by atoms with van der Waals surface area (Å²) >= 11 is 5.67. The van der Waals surface area contributed by atoms with Gasteiger partial charge < -0.3 is 15.4 Å². The van der Waals surface area contributed by atoms with E-state index in [0.29, 0.717) is 5.69 Å². The summed E-state index contributed by atoms with van der Waals surface area (Å²) in [5.74, 6) is -0.00219. The van der Waals surface area contributed by atoms with Crippen LogP contribution in [0, 0.1) is 5.82 Å². The minimum Gasteiger partial charge on any atom is -0.491 e. The van der Waals surface area contributed by atoms with Gasteiger partial charge in [-0.25, -0.2) is 4.39 Å². The molecular formula is C17H18ClFN2O2. The highest BCUT2D eigenvalue weighted by molar-refractivity contribution is 6.31. The molecule has 0 bridgehead atoms. The molecule has 2 rings (SSSR count). The van der Waals surface area contributed by atoms with Crippen molar-refractivity contribution in [1.82, 2.24) is 0 Å². The molecule has 1 amide bonds. The summed E-state index contributed by atoms with van der Waals surface area (Å²) < 4.78 is 18.6. The lowest BCUT2D eigenvalue weighted by molar-refractivity contribution is -0.114. The summed E-state index contributed by atoms with van der Waals surface area (Å²) in [5.41, 5.74) is 1.25. The van der Waals surface area contributed by atoms with Crippen LogP contribution in [0.1, 0.15) is 13.8 Å². The largest absolute Gasteiger partial charge is 0.491 e. The van der Waals surface area contributed by atoms with Crippen LogP contribution in [-0.2, 0) is 4.79 Å². The third kappa shape index (κ3) is 5.45. The first-order chi connectivity index (χ1) is 10.9. The van der Waals surface area contributed by atoms with Gasteiger partial charge in [-0.2, -0.15) is 0 Å². The number of nitrogens with one attached hydrogen (secondary N) is 2. The van der Waals surface area contributed by atoms with Crippen molar-refractivity contribution in [1.29, 1.82) is 0 Å². The summed E-state index contributed by atoms with van der Waals surface area (Å²) in [6, 6.07) is 11.4. The summed E-state index contributed by atoms with van der Waals surface area (Å²) in [5, 5.41) is 5.61. The SMILES string of the molecule is CC(C)Oc1ccc(NCC(=O)Nc2ccc(F)c(Cl)c2)cc1. The Hall–Kier alpha value is -2.27. The number of halogens is 2. The van der Waals surface area contributed by atoms with Crippen molar-refractivity contribution in [2.24, 2.45) is 0 Å². The minimum absolute atomic E-state index is 0.0310. The predicted molar refractivity (Wildman–Crippen MR) is 90.7 cm³/mol. The van der Waals surface area contributed by atoms with Crippen molar-refractivity contribution in [3.8, 4) is 5.75 Å². The van der Waals surface area contributed by atoms with Gasteiger partial charge in [0, 0.05) is 11.4 Å². The fourth-order valence-electron chi connectivity index (χ4n) is 1.88. The van der Waals surface area contributed by atoms with Crippen molar-refractivity contribution >= 4 is 28.9 Å². The van der Waals surface area contributed by atoms with Crippen LogP contribution < -0.4 is 15.4 Å². The summed E-state index contributed by atoms with van der Waals surface area (Å²) in [4.78, 5) is 11.9. The van der Waals surface area contributed by atoms with E-state index in [-0.39, 0.29) is 23.6 Å². The van der Waals surface area contributed by atoms with Crippen LogP contribution in [0.2, 0.25) is 5.02 Å². The van der Waals surface area contributed by atoms with Gasteiger partial charge in [0.25, 0.3) is 0 Å². The molecule has 0 saturated carbocycles. The van der Waals surface area contributed by atoms with E-state index in [0.717, 1.165) is 11.4 Å². The van der Waals surface area contributed by atoms with Crippen LogP contribution in [0.25, 0.3) is 0 Å². The topological polar surface area (TPSA) is 50.4 Å².